The number of aliphatic hydroxyl groups excluding tert-OH is 1. The van der Waals surface area contributed by atoms with Crippen LogP contribution in [0.3, 0.4) is 0 Å². The Labute approximate surface area is 63.5 Å². The third-order valence-electron chi connectivity index (χ3n) is 1.23. The predicted molar refractivity (Wildman–Crippen MR) is 36.1 cm³/mol. The van der Waals surface area contributed by atoms with E-state index in [1.165, 1.54) is 6.08 Å². The van der Waals surface area contributed by atoms with Crippen molar-refractivity contribution in [1.82, 2.24) is 0 Å². The molecule has 0 aliphatic heterocycles. The summed E-state index contributed by atoms with van der Waals surface area (Å²) >= 11 is 0. The van der Waals surface area contributed by atoms with Gasteiger partial charge in [0, 0.05) is 6.42 Å². The minimum atomic E-state index is -4.11. The molecule has 0 aromatic carbocycles. The van der Waals surface area contributed by atoms with Crippen LogP contribution >= 0.6 is 0 Å². The van der Waals surface area contributed by atoms with E-state index in [4.69, 9.17) is 5.11 Å². The lowest BCUT2D eigenvalue weighted by Gasteiger charge is -2.07. The van der Waals surface area contributed by atoms with E-state index < -0.39 is 18.7 Å². The van der Waals surface area contributed by atoms with Gasteiger partial charge in [-0.15, -0.1) is 6.58 Å². The number of alkyl halides is 3. The Morgan fingerprint density at radius 1 is 1.45 bits per heavy atom. The van der Waals surface area contributed by atoms with Gasteiger partial charge in [0.05, 0.1) is 6.10 Å². The zero-order chi connectivity index (χ0) is 8.91. The molecule has 0 aromatic rings. The molecule has 1 unspecified atom stereocenters. The molecular weight excluding hydrogens is 157 g/mol. The predicted octanol–water partition coefficient (Wildman–Crippen LogP) is 2.27. The molecule has 1 N–H and O–H groups in total. The molecule has 0 rings (SSSR count). The van der Waals surface area contributed by atoms with Crippen molar-refractivity contribution in [2.24, 2.45) is 0 Å². The SMILES string of the molecule is C=CC(O)CCCC(F)(F)F. The van der Waals surface area contributed by atoms with Crippen LogP contribution in [0.1, 0.15) is 19.3 Å². The molecule has 0 fully saturated rings. The van der Waals surface area contributed by atoms with Crippen molar-refractivity contribution in [3.05, 3.63) is 12.7 Å². The highest BCUT2D eigenvalue weighted by Gasteiger charge is 2.26. The van der Waals surface area contributed by atoms with E-state index in [1.54, 1.807) is 0 Å². The van der Waals surface area contributed by atoms with Crippen molar-refractivity contribution in [2.75, 3.05) is 0 Å². The van der Waals surface area contributed by atoms with E-state index in [0.29, 0.717) is 0 Å². The topological polar surface area (TPSA) is 20.2 Å². The van der Waals surface area contributed by atoms with Crippen molar-refractivity contribution in [3.63, 3.8) is 0 Å². The molecular formula is C7H11F3O. The molecule has 0 aliphatic carbocycles. The molecule has 0 saturated carbocycles. The lowest BCUT2D eigenvalue weighted by Crippen LogP contribution is -2.09. The van der Waals surface area contributed by atoms with Gasteiger partial charge in [0.25, 0.3) is 0 Å². The molecule has 0 radical (unpaired) electrons. The summed E-state index contributed by atoms with van der Waals surface area (Å²) in [5.74, 6) is 0. The third-order valence-corrected chi connectivity index (χ3v) is 1.23. The van der Waals surface area contributed by atoms with Gasteiger partial charge in [-0.1, -0.05) is 6.08 Å². The highest BCUT2D eigenvalue weighted by Crippen LogP contribution is 2.22. The van der Waals surface area contributed by atoms with Gasteiger partial charge in [-0.25, -0.2) is 0 Å². The fourth-order valence-electron chi connectivity index (χ4n) is 0.629. The average Bonchev–Trinajstić information content (AvgIpc) is 1.85. The molecule has 0 heterocycles. The summed E-state index contributed by atoms with van der Waals surface area (Å²) < 4.78 is 34.5. The maximum atomic E-state index is 11.5. The molecule has 4 heteroatoms. The summed E-state index contributed by atoms with van der Waals surface area (Å²) in [7, 11) is 0. The van der Waals surface area contributed by atoms with Gasteiger partial charge in [-0.05, 0) is 12.8 Å². The molecule has 0 aromatic heterocycles. The van der Waals surface area contributed by atoms with Gasteiger partial charge in [0.2, 0.25) is 0 Å². The van der Waals surface area contributed by atoms with Crippen LogP contribution in [0.25, 0.3) is 0 Å². The fraction of sp³-hybridized carbons (Fsp3) is 0.714. The normalized spacial score (nSPS) is 14.5. The summed E-state index contributed by atoms with van der Waals surface area (Å²) in [4.78, 5) is 0. The van der Waals surface area contributed by atoms with Crippen LogP contribution in [-0.4, -0.2) is 17.4 Å². The molecule has 11 heavy (non-hydrogen) atoms. The summed E-state index contributed by atoms with van der Waals surface area (Å²) in [5.41, 5.74) is 0. The summed E-state index contributed by atoms with van der Waals surface area (Å²) in [6.45, 7) is 3.24. The Bertz CT molecular complexity index is 119. The van der Waals surface area contributed by atoms with Crippen LogP contribution in [0.2, 0.25) is 0 Å². The van der Waals surface area contributed by atoms with Crippen molar-refractivity contribution < 1.29 is 18.3 Å². The minimum Gasteiger partial charge on any atom is -0.389 e. The first-order valence-electron chi connectivity index (χ1n) is 3.33. The van der Waals surface area contributed by atoms with Crippen molar-refractivity contribution >= 4 is 0 Å². The summed E-state index contributed by atoms with van der Waals surface area (Å²) in [6, 6.07) is 0. The van der Waals surface area contributed by atoms with E-state index in [9.17, 15) is 13.2 Å². The highest BCUT2D eigenvalue weighted by atomic mass is 19.4. The Kier molecular flexibility index (Phi) is 4.18. The summed E-state index contributed by atoms with van der Waals surface area (Å²) in [5, 5.41) is 8.77. The first kappa shape index (κ1) is 10.5. The molecule has 0 saturated heterocycles. The van der Waals surface area contributed by atoms with Crippen LogP contribution in [-0.2, 0) is 0 Å². The smallest absolute Gasteiger partial charge is 0.389 e. The second kappa shape index (κ2) is 4.38. The van der Waals surface area contributed by atoms with Crippen molar-refractivity contribution in [3.8, 4) is 0 Å². The van der Waals surface area contributed by atoms with Gasteiger partial charge in [0.1, 0.15) is 0 Å². The number of aliphatic hydroxyl groups is 1. The fourth-order valence-corrected chi connectivity index (χ4v) is 0.629. The Morgan fingerprint density at radius 3 is 2.36 bits per heavy atom. The van der Waals surface area contributed by atoms with E-state index in [2.05, 4.69) is 6.58 Å². The van der Waals surface area contributed by atoms with Gasteiger partial charge in [-0.3, -0.25) is 0 Å². The average molecular weight is 168 g/mol. The summed E-state index contributed by atoms with van der Waals surface area (Å²) in [6.07, 6.45) is -4.44. The molecule has 1 atom stereocenters. The molecule has 1 nitrogen and oxygen atoms in total. The Hall–Kier alpha value is -0.510. The van der Waals surface area contributed by atoms with Crippen molar-refractivity contribution in [1.29, 1.82) is 0 Å². The molecule has 0 amide bonds. The van der Waals surface area contributed by atoms with Gasteiger partial charge in [-0.2, -0.15) is 13.2 Å². The molecule has 0 aliphatic rings. The molecule has 0 spiro atoms. The van der Waals surface area contributed by atoms with E-state index in [-0.39, 0.29) is 12.8 Å². The molecule has 66 valence electrons. The minimum absolute atomic E-state index is 0.0450. The quantitative estimate of drug-likeness (QED) is 0.638. The lowest BCUT2D eigenvalue weighted by molar-refractivity contribution is -0.136. The largest absolute Gasteiger partial charge is 0.389 e. The van der Waals surface area contributed by atoms with Crippen LogP contribution in [0.4, 0.5) is 13.2 Å². The Balaban J connectivity index is 3.35. The number of rotatable bonds is 4. The van der Waals surface area contributed by atoms with Crippen LogP contribution < -0.4 is 0 Å². The van der Waals surface area contributed by atoms with Crippen molar-refractivity contribution in [2.45, 2.75) is 31.5 Å². The van der Waals surface area contributed by atoms with Gasteiger partial charge >= 0.3 is 6.18 Å². The first-order valence-corrected chi connectivity index (χ1v) is 3.33. The van der Waals surface area contributed by atoms with Crippen LogP contribution in [0.5, 0.6) is 0 Å². The highest BCUT2D eigenvalue weighted by molar-refractivity contribution is 4.77. The third kappa shape index (κ3) is 7.39. The standard InChI is InChI=1S/C7H11F3O/c1-2-6(11)4-3-5-7(8,9)10/h2,6,11H,1,3-5H2. The second-order valence-corrected chi connectivity index (χ2v) is 2.31. The monoisotopic (exact) mass is 168 g/mol. The zero-order valence-electron chi connectivity index (χ0n) is 6.06. The number of hydrogen-bond acceptors (Lipinski definition) is 1. The van der Waals surface area contributed by atoms with E-state index in [0.717, 1.165) is 0 Å². The number of halogens is 3. The van der Waals surface area contributed by atoms with Crippen LogP contribution in [0, 0.1) is 0 Å². The Morgan fingerprint density at radius 2 is 2.00 bits per heavy atom. The van der Waals surface area contributed by atoms with Gasteiger partial charge < -0.3 is 5.11 Å². The second-order valence-electron chi connectivity index (χ2n) is 2.31. The van der Waals surface area contributed by atoms with Gasteiger partial charge in [0.15, 0.2) is 0 Å². The molecule has 0 bridgehead atoms. The lowest BCUT2D eigenvalue weighted by atomic mass is 10.1. The number of hydrogen-bond donors (Lipinski definition) is 1. The van der Waals surface area contributed by atoms with E-state index in [1.807, 2.05) is 0 Å². The van der Waals surface area contributed by atoms with E-state index >= 15 is 0 Å². The van der Waals surface area contributed by atoms with Crippen LogP contribution in [0.15, 0.2) is 12.7 Å². The first-order chi connectivity index (χ1) is 4.95. The maximum Gasteiger partial charge on any atom is 0.389 e. The zero-order valence-corrected chi connectivity index (χ0v) is 6.06. The maximum absolute atomic E-state index is 11.5.